The fourth-order valence-electron chi connectivity index (χ4n) is 3.42. The maximum atomic E-state index is 13.6. The van der Waals surface area contributed by atoms with E-state index < -0.39 is 11.8 Å². The third-order valence-electron chi connectivity index (χ3n) is 5.15. The zero-order valence-electron chi connectivity index (χ0n) is 20.3. The Morgan fingerprint density at radius 3 is 2.70 bits per heavy atom. The van der Waals surface area contributed by atoms with Crippen LogP contribution in [0.5, 0.6) is 0 Å². The van der Waals surface area contributed by atoms with Gasteiger partial charge in [-0.05, 0) is 31.5 Å². The van der Waals surface area contributed by atoms with Gasteiger partial charge in [-0.1, -0.05) is 41.9 Å². The lowest BCUT2D eigenvalue weighted by Gasteiger charge is -2.12. The molecule has 0 bridgehead atoms. The highest BCUT2D eigenvalue weighted by atomic mass is 35.5. The van der Waals surface area contributed by atoms with Gasteiger partial charge in [-0.15, -0.1) is 11.3 Å². The fraction of sp³-hybridized carbons (Fsp3) is 0.231. The molecule has 0 saturated carbocycles. The molecule has 4 rings (SSSR count). The number of esters is 1. The van der Waals surface area contributed by atoms with Crippen molar-refractivity contribution in [2.75, 3.05) is 37.5 Å². The lowest BCUT2D eigenvalue weighted by Crippen LogP contribution is -2.09. The SMILES string of the molecule is CCOC(=O)c1sc(-c2cnc(Nc3ccc(F)c(Cl)c3)nc2NCCCOC)nc1-c1ccccc1. The summed E-state index contributed by atoms with van der Waals surface area (Å²) in [6.07, 6.45) is 2.37. The first-order chi connectivity index (χ1) is 18.0. The van der Waals surface area contributed by atoms with Crippen LogP contribution in [0.25, 0.3) is 21.8 Å². The number of hydrogen-bond donors (Lipinski definition) is 2. The molecule has 0 saturated heterocycles. The van der Waals surface area contributed by atoms with Crippen LogP contribution in [0, 0.1) is 5.82 Å². The maximum Gasteiger partial charge on any atom is 0.350 e. The molecule has 2 N–H and O–H groups in total. The second kappa shape index (κ2) is 12.6. The summed E-state index contributed by atoms with van der Waals surface area (Å²) < 4.78 is 24.0. The molecule has 2 aromatic carbocycles. The van der Waals surface area contributed by atoms with Crippen molar-refractivity contribution in [3.8, 4) is 21.8 Å². The molecular formula is C26H25ClFN5O3S. The number of ether oxygens (including phenoxy) is 2. The van der Waals surface area contributed by atoms with Gasteiger partial charge in [0.25, 0.3) is 0 Å². The second-order valence-electron chi connectivity index (χ2n) is 7.77. The summed E-state index contributed by atoms with van der Waals surface area (Å²) in [6, 6.07) is 13.7. The van der Waals surface area contributed by atoms with E-state index in [1.165, 1.54) is 23.5 Å². The Morgan fingerprint density at radius 2 is 1.97 bits per heavy atom. The summed E-state index contributed by atoms with van der Waals surface area (Å²) in [5.41, 5.74) is 2.50. The van der Waals surface area contributed by atoms with Crippen molar-refractivity contribution in [2.45, 2.75) is 13.3 Å². The summed E-state index contributed by atoms with van der Waals surface area (Å²) in [7, 11) is 1.64. The smallest absolute Gasteiger partial charge is 0.350 e. The molecular weight excluding hydrogens is 517 g/mol. The quantitative estimate of drug-likeness (QED) is 0.166. The molecule has 0 amide bonds. The number of aromatic nitrogens is 3. The lowest BCUT2D eigenvalue weighted by molar-refractivity contribution is 0.0532. The van der Waals surface area contributed by atoms with E-state index in [-0.39, 0.29) is 17.6 Å². The van der Waals surface area contributed by atoms with Gasteiger partial charge in [0.2, 0.25) is 5.95 Å². The van der Waals surface area contributed by atoms with E-state index in [2.05, 4.69) is 20.6 Å². The standard InChI is InChI=1S/C26H25ClFN5O3S/c1-3-36-25(34)22-21(16-8-5-4-6-9-16)32-24(37-22)18-15-30-26(33-23(18)29-12-7-13-35-2)31-17-10-11-20(28)19(27)14-17/h4-6,8-11,14-15H,3,7,12-13H2,1-2H3,(H2,29,30,31,33). The largest absolute Gasteiger partial charge is 0.462 e. The van der Waals surface area contributed by atoms with E-state index in [1.807, 2.05) is 30.3 Å². The summed E-state index contributed by atoms with van der Waals surface area (Å²) in [5.74, 6) is -0.150. The van der Waals surface area contributed by atoms with Crippen molar-refractivity contribution < 1.29 is 18.7 Å². The monoisotopic (exact) mass is 541 g/mol. The Morgan fingerprint density at radius 1 is 1.16 bits per heavy atom. The molecule has 11 heteroatoms. The molecule has 8 nitrogen and oxygen atoms in total. The number of anilines is 3. The molecule has 192 valence electrons. The van der Waals surface area contributed by atoms with E-state index in [9.17, 15) is 9.18 Å². The van der Waals surface area contributed by atoms with Crippen LogP contribution in [0.4, 0.5) is 21.8 Å². The summed E-state index contributed by atoms with van der Waals surface area (Å²) in [5, 5.41) is 6.90. The number of methoxy groups -OCH3 is 1. The average molecular weight is 542 g/mol. The van der Waals surface area contributed by atoms with Gasteiger partial charge in [0.1, 0.15) is 21.5 Å². The Bertz CT molecular complexity index is 1370. The highest BCUT2D eigenvalue weighted by molar-refractivity contribution is 7.17. The molecule has 2 aromatic heterocycles. The normalized spacial score (nSPS) is 10.8. The van der Waals surface area contributed by atoms with Crippen LogP contribution in [0.1, 0.15) is 23.0 Å². The highest BCUT2D eigenvalue weighted by Crippen LogP contribution is 2.37. The Kier molecular flexibility index (Phi) is 8.99. The molecule has 0 radical (unpaired) electrons. The minimum Gasteiger partial charge on any atom is -0.462 e. The first kappa shape index (κ1) is 26.5. The minimum atomic E-state index is -0.514. The number of carbonyl (C=O) groups is 1. The van der Waals surface area contributed by atoms with Crippen LogP contribution in [-0.4, -0.2) is 47.8 Å². The molecule has 0 atom stereocenters. The fourth-order valence-corrected chi connectivity index (χ4v) is 4.59. The number of nitrogens with zero attached hydrogens (tertiary/aromatic N) is 3. The molecule has 37 heavy (non-hydrogen) atoms. The topological polar surface area (TPSA) is 98.3 Å². The Labute approximate surface area is 222 Å². The third-order valence-corrected chi connectivity index (χ3v) is 6.51. The predicted octanol–water partition coefficient (Wildman–Crippen LogP) is 6.43. The van der Waals surface area contributed by atoms with E-state index in [4.69, 9.17) is 26.1 Å². The molecule has 0 aliphatic carbocycles. The number of rotatable bonds is 11. The van der Waals surface area contributed by atoms with Crippen LogP contribution in [0.3, 0.4) is 0 Å². The average Bonchev–Trinajstić information content (AvgIpc) is 3.35. The number of benzene rings is 2. The van der Waals surface area contributed by atoms with Crippen LogP contribution < -0.4 is 10.6 Å². The zero-order valence-corrected chi connectivity index (χ0v) is 21.8. The number of thiazole rings is 1. The second-order valence-corrected chi connectivity index (χ2v) is 9.17. The molecule has 4 aromatic rings. The highest BCUT2D eigenvalue weighted by Gasteiger charge is 2.23. The molecule has 0 fully saturated rings. The molecule has 0 aliphatic heterocycles. The summed E-state index contributed by atoms with van der Waals surface area (Å²) in [6.45, 7) is 3.18. The van der Waals surface area contributed by atoms with Gasteiger partial charge in [-0.3, -0.25) is 0 Å². The molecule has 0 spiro atoms. The minimum absolute atomic E-state index is 0.0118. The molecule has 0 aliphatic rings. The van der Waals surface area contributed by atoms with Gasteiger partial charge in [0.05, 0.1) is 22.9 Å². The van der Waals surface area contributed by atoms with Crippen LogP contribution in [0.15, 0.2) is 54.7 Å². The molecule has 0 unspecified atom stereocenters. The van der Waals surface area contributed by atoms with Crippen molar-refractivity contribution in [1.29, 1.82) is 0 Å². The van der Waals surface area contributed by atoms with Crippen LogP contribution in [-0.2, 0) is 9.47 Å². The van der Waals surface area contributed by atoms with Gasteiger partial charge >= 0.3 is 5.97 Å². The number of nitrogens with one attached hydrogen (secondary N) is 2. The van der Waals surface area contributed by atoms with E-state index in [0.29, 0.717) is 45.8 Å². The zero-order chi connectivity index (χ0) is 26.2. The van der Waals surface area contributed by atoms with Crippen LogP contribution in [0.2, 0.25) is 5.02 Å². The number of halogens is 2. The van der Waals surface area contributed by atoms with Crippen molar-refractivity contribution in [2.24, 2.45) is 0 Å². The van der Waals surface area contributed by atoms with Crippen molar-refractivity contribution in [3.05, 3.63) is 70.4 Å². The number of carbonyl (C=O) groups excluding carboxylic acids is 1. The predicted molar refractivity (Wildman–Crippen MR) is 144 cm³/mol. The lowest BCUT2D eigenvalue weighted by atomic mass is 10.1. The van der Waals surface area contributed by atoms with Gasteiger partial charge in [-0.25, -0.2) is 19.2 Å². The summed E-state index contributed by atoms with van der Waals surface area (Å²) in [4.78, 5) is 27.0. The van der Waals surface area contributed by atoms with E-state index >= 15 is 0 Å². The maximum absolute atomic E-state index is 13.6. The van der Waals surface area contributed by atoms with Crippen LogP contribution >= 0.6 is 22.9 Å². The first-order valence-electron chi connectivity index (χ1n) is 11.6. The Balaban J connectivity index is 1.73. The number of hydrogen-bond acceptors (Lipinski definition) is 9. The van der Waals surface area contributed by atoms with Crippen molar-refractivity contribution in [3.63, 3.8) is 0 Å². The van der Waals surface area contributed by atoms with Gasteiger partial charge in [-0.2, -0.15) is 4.98 Å². The van der Waals surface area contributed by atoms with E-state index in [1.54, 1.807) is 26.3 Å². The third kappa shape index (κ3) is 6.59. The van der Waals surface area contributed by atoms with E-state index in [0.717, 1.165) is 12.0 Å². The Hall–Kier alpha value is -3.60. The first-order valence-corrected chi connectivity index (χ1v) is 12.7. The summed E-state index contributed by atoms with van der Waals surface area (Å²) >= 11 is 7.12. The van der Waals surface area contributed by atoms with Gasteiger partial charge in [0.15, 0.2) is 0 Å². The van der Waals surface area contributed by atoms with Crippen molar-refractivity contribution >= 4 is 46.4 Å². The molecule has 2 heterocycles. The van der Waals surface area contributed by atoms with Gasteiger partial charge < -0.3 is 20.1 Å². The van der Waals surface area contributed by atoms with Gasteiger partial charge in [0, 0.05) is 37.7 Å². The van der Waals surface area contributed by atoms with Crippen molar-refractivity contribution in [1.82, 2.24) is 15.0 Å².